The van der Waals surface area contributed by atoms with Gasteiger partial charge in [0.1, 0.15) is 0 Å². The highest BCUT2D eigenvalue weighted by atomic mass is 32.2. The molecule has 1 saturated carbocycles. The second-order valence-corrected chi connectivity index (χ2v) is 8.64. The van der Waals surface area contributed by atoms with Gasteiger partial charge in [0, 0.05) is 37.6 Å². The standard InChI is InChI=1S/C14H21N3O2S2/c18-21(19,17-6-1-8-20-9-7-17)14-5-2-12(11-16-14)10-15-13-3-4-13/h2,5,11,13,15H,1,3-4,6-10H2. The Morgan fingerprint density at radius 2 is 2.14 bits per heavy atom. The van der Waals surface area contributed by atoms with Gasteiger partial charge in [0.15, 0.2) is 5.03 Å². The Labute approximate surface area is 130 Å². The summed E-state index contributed by atoms with van der Waals surface area (Å²) in [5.74, 6) is 1.90. The minimum Gasteiger partial charge on any atom is -0.310 e. The first-order valence-corrected chi connectivity index (χ1v) is 10.0. The lowest BCUT2D eigenvalue weighted by molar-refractivity contribution is 0.432. The number of nitrogens with one attached hydrogen (secondary N) is 1. The molecule has 5 nitrogen and oxygen atoms in total. The summed E-state index contributed by atoms with van der Waals surface area (Å²) in [5.41, 5.74) is 1.03. The Morgan fingerprint density at radius 3 is 2.86 bits per heavy atom. The first-order valence-electron chi connectivity index (χ1n) is 7.42. The Morgan fingerprint density at radius 1 is 1.29 bits per heavy atom. The molecule has 0 spiro atoms. The van der Waals surface area contributed by atoms with Crippen LogP contribution in [-0.4, -0.2) is 48.3 Å². The molecular formula is C14H21N3O2S2. The summed E-state index contributed by atoms with van der Waals surface area (Å²) in [6.07, 6.45) is 5.07. The van der Waals surface area contributed by atoms with E-state index in [-0.39, 0.29) is 5.03 Å². The monoisotopic (exact) mass is 327 g/mol. The van der Waals surface area contributed by atoms with Crippen LogP contribution in [0.5, 0.6) is 0 Å². The average molecular weight is 327 g/mol. The lowest BCUT2D eigenvalue weighted by Crippen LogP contribution is -2.33. The lowest BCUT2D eigenvalue weighted by atomic mass is 10.3. The van der Waals surface area contributed by atoms with E-state index in [0.29, 0.717) is 19.1 Å². The summed E-state index contributed by atoms with van der Waals surface area (Å²) in [7, 11) is -3.43. The van der Waals surface area contributed by atoms with Crippen LogP contribution in [0.2, 0.25) is 0 Å². The van der Waals surface area contributed by atoms with Crippen LogP contribution in [0.15, 0.2) is 23.4 Å². The van der Waals surface area contributed by atoms with Crippen molar-refractivity contribution in [1.82, 2.24) is 14.6 Å². The van der Waals surface area contributed by atoms with E-state index in [1.807, 2.05) is 17.8 Å². The normalized spacial score (nSPS) is 21.1. The first-order chi connectivity index (χ1) is 10.2. The van der Waals surface area contributed by atoms with E-state index in [1.165, 1.54) is 12.8 Å². The number of hydrogen-bond donors (Lipinski definition) is 1. The number of hydrogen-bond acceptors (Lipinski definition) is 5. The predicted octanol–water partition coefficient (Wildman–Crippen LogP) is 1.46. The van der Waals surface area contributed by atoms with Gasteiger partial charge < -0.3 is 5.32 Å². The maximum Gasteiger partial charge on any atom is 0.260 e. The molecule has 0 atom stereocenters. The number of aromatic nitrogens is 1. The van der Waals surface area contributed by atoms with Gasteiger partial charge in [-0.1, -0.05) is 6.07 Å². The van der Waals surface area contributed by atoms with Crippen molar-refractivity contribution in [2.45, 2.75) is 36.9 Å². The molecule has 0 radical (unpaired) electrons. The quantitative estimate of drug-likeness (QED) is 0.887. The first kappa shape index (κ1) is 15.3. The summed E-state index contributed by atoms with van der Waals surface area (Å²) in [4.78, 5) is 4.18. The molecule has 1 aliphatic heterocycles. The molecule has 3 rings (SSSR count). The number of thioether (sulfide) groups is 1. The van der Waals surface area contributed by atoms with Crippen LogP contribution in [0.4, 0.5) is 0 Å². The van der Waals surface area contributed by atoms with Crippen LogP contribution in [0, 0.1) is 0 Å². The third-order valence-electron chi connectivity index (χ3n) is 3.76. The minimum absolute atomic E-state index is 0.171. The highest BCUT2D eigenvalue weighted by molar-refractivity contribution is 7.99. The maximum absolute atomic E-state index is 12.6. The average Bonchev–Trinajstić information content (AvgIpc) is 3.32. The fourth-order valence-corrected chi connectivity index (χ4v) is 4.71. The van der Waals surface area contributed by atoms with E-state index >= 15 is 0 Å². The summed E-state index contributed by atoms with van der Waals surface area (Å²) >= 11 is 1.81. The lowest BCUT2D eigenvalue weighted by Gasteiger charge is -2.19. The van der Waals surface area contributed by atoms with Crippen LogP contribution in [0.3, 0.4) is 0 Å². The zero-order valence-corrected chi connectivity index (χ0v) is 13.6. The molecule has 0 bridgehead atoms. The van der Waals surface area contributed by atoms with Gasteiger partial charge in [-0.25, -0.2) is 13.4 Å². The zero-order valence-electron chi connectivity index (χ0n) is 12.0. The van der Waals surface area contributed by atoms with Gasteiger partial charge in [0.05, 0.1) is 0 Å². The van der Waals surface area contributed by atoms with E-state index in [0.717, 1.165) is 30.0 Å². The molecule has 2 heterocycles. The van der Waals surface area contributed by atoms with Gasteiger partial charge in [0.25, 0.3) is 10.0 Å². The van der Waals surface area contributed by atoms with Gasteiger partial charge in [-0.2, -0.15) is 16.1 Å². The molecule has 1 aromatic heterocycles. The van der Waals surface area contributed by atoms with Gasteiger partial charge in [-0.3, -0.25) is 0 Å². The molecule has 2 aliphatic rings. The molecule has 116 valence electrons. The van der Waals surface area contributed by atoms with E-state index in [4.69, 9.17) is 0 Å². The van der Waals surface area contributed by atoms with Gasteiger partial charge in [-0.05, 0) is 36.6 Å². The van der Waals surface area contributed by atoms with Crippen LogP contribution < -0.4 is 5.32 Å². The van der Waals surface area contributed by atoms with Crippen LogP contribution >= 0.6 is 11.8 Å². The van der Waals surface area contributed by atoms with Crippen molar-refractivity contribution in [3.8, 4) is 0 Å². The van der Waals surface area contributed by atoms with Crippen LogP contribution in [0.25, 0.3) is 0 Å². The molecule has 0 aromatic carbocycles. The SMILES string of the molecule is O=S(=O)(c1ccc(CNC2CC2)cn1)N1CCCSCC1. The molecule has 1 saturated heterocycles. The van der Waals surface area contributed by atoms with Crippen molar-refractivity contribution in [1.29, 1.82) is 0 Å². The molecule has 2 fully saturated rings. The summed E-state index contributed by atoms with van der Waals surface area (Å²) < 4.78 is 26.7. The highest BCUT2D eigenvalue weighted by Crippen LogP contribution is 2.20. The van der Waals surface area contributed by atoms with Crippen LogP contribution in [-0.2, 0) is 16.6 Å². The van der Waals surface area contributed by atoms with Crippen molar-refractivity contribution >= 4 is 21.8 Å². The van der Waals surface area contributed by atoms with Gasteiger partial charge in [-0.15, -0.1) is 0 Å². The molecule has 21 heavy (non-hydrogen) atoms. The molecular weight excluding hydrogens is 306 g/mol. The third-order valence-corrected chi connectivity index (χ3v) is 6.62. The third kappa shape index (κ3) is 3.97. The van der Waals surface area contributed by atoms with Gasteiger partial charge >= 0.3 is 0 Å². The predicted molar refractivity (Wildman–Crippen MR) is 84.8 cm³/mol. The number of sulfonamides is 1. The van der Waals surface area contributed by atoms with Crippen LogP contribution in [0.1, 0.15) is 24.8 Å². The molecule has 1 N–H and O–H groups in total. The van der Waals surface area contributed by atoms with E-state index in [1.54, 1.807) is 16.6 Å². The fourth-order valence-electron chi connectivity index (χ4n) is 2.31. The van der Waals surface area contributed by atoms with E-state index in [9.17, 15) is 8.42 Å². The summed E-state index contributed by atoms with van der Waals surface area (Å²) in [6, 6.07) is 4.14. The van der Waals surface area contributed by atoms with Gasteiger partial charge in [0.2, 0.25) is 0 Å². The fraction of sp³-hybridized carbons (Fsp3) is 0.643. The number of rotatable bonds is 5. The molecule has 7 heteroatoms. The molecule has 0 amide bonds. The molecule has 1 aliphatic carbocycles. The zero-order chi connectivity index (χ0) is 14.7. The van der Waals surface area contributed by atoms with E-state index in [2.05, 4.69) is 10.3 Å². The van der Waals surface area contributed by atoms with Crippen molar-refractivity contribution in [3.63, 3.8) is 0 Å². The van der Waals surface area contributed by atoms with Crippen molar-refractivity contribution in [2.75, 3.05) is 24.6 Å². The second-order valence-electron chi connectivity index (χ2n) is 5.53. The number of nitrogens with zero attached hydrogens (tertiary/aromatic N) is 2. The molecule has 1 aromatic rings. The van der Waals surface area contributed by atoms with E-state index < -0.39 is 10.0 Å². The molecule has 0 unspecified atom stereocenters. The van der Waals surface area contributed by atoms with Crippen molar-refractivity contribution < 1.29 is 8.42 Å². The summed E-state index contributed by atoms with van der Waals surface area (Å²) in [5, 5.41) is 3.57. The Balaban J connectivity index is 1.68. The maximum atomic E-state index is 12.6. The Bertz CT molecular complexity index is 562. The highest BCUT2D eigenvalue weighted by Gasteiger charge is 2.26. The Kier molecular flexibility index (Phi) is 4.83. The van der Waals surface area contributed by atoms with Crippen molar-refractivity contribution in [3.05, 3.63) is 23.9 Å². The minimum atomic E-state index is -3.43. The largest absolute Gasteiger partial charge is 0.310 e. The second kappa shape index (κ2) is 6.64. The van der Waals surface area contributed by atoms with Crippen molar-refractivity contribution in [2.24, 2.45) is 0 Å². The summed E-state index contributed by atoms with van der Waals surface area (Å²) in [6.45, 7) is 1.94. The topological polar surface area (TPSA) is 62.3 Å². The smallest absolute Gasteiger partial charge is 0.260 e. The Hall–Kier alpha value is -0.630. The number of pyridine rings is 1.